The summed E-state index contributed by atoms with van der Waals surface area (Å²) in [7, 11) is 0. The zero-order valence-electron chi connectivity index (χ0n) is 17.4. The average Bonchev–Trinajstić information content (AvgIpc) is 2.48. The predicted octanol–water partition coefficient (Wildman–Crippen LogP) is 2.72. The first-order valence-electron chi connectivity index (χ1n) is 9.55. The summed E-state index contributed by atoms with van der Waals surface area (Å²) >= 11 is 0. The molecule has 0 aliphatic carbocycles. The van der Waals surface area contributed by atoms with Gasteiger partial charge in [-0.2, -0.15) is 0 Å². The molecule has 0 aromatic carbocycles. The molecular weight excluding hydrogens is 334 g/mol. The topological polar surface area (TPSA) is 103 Å². The van der Waals surface area contributed by atoms with Crippen molar-refractivity contribution in [1.82, 2.24) is 10.6 Å². The third-order valence-electron chi connectivity index (χ3n) is 3.35. The van der Waals surface area contributed by atoms with Crippen molar-refractivity contribution in [2.24, 2.45) is 5.73 Å². The third kappa shape index (κ3) is 16.1. The number of nitrogens with two attached hydrogens (primary N) is 1. The first-order chi connectivity index (χ1) is 11.9. The van der Waals surface area contributed by atoms with Crippen LogP contribution in [0.3, 0.4) is 0 Å². The van der Waals surface area contributed by atoms with E-state index >= 15 is 0 Å². The number of amides is 2. The second-order valence-electron chi connectivity index (χ2n) is 8.52. The Hall–Kier alpha value is -1.34. The fourth-order valence-electron chi connectivity index (χ4n) is 2.04. The maximum Gasteiger partial charge on any atom is 0.407 e. The average molecular weight is 374 g/mol. The summed E-state index contributed by atoms with van der Waals surface area (Å²) in [6.07, 6.45) is 4.58. The molecule has 154 valence electrons. The number of unbranched alkanes of at least 4 members (excludes halogenated alkanes) is 4. The molecule has 0 heterocycles. The highest BCUT2D eigenvalue weighted by atomic mass is 16.6. The van der Waals surface area contributed by atoms with Crippen LogP contribution in [0.25, 0.3) is 0 Å². The van der Waals surface area contributed by atoms with Gasteiger partial charge in [0.15, 0.2) is 0 Å². The van der Waals surface area contributed by atoms with Crippen molar-refractivity contribution in [3.8, 4) is 0 Å². The van der Waals surface area contributed by atoms with E-state index in [0.717, 1.165) is 32.1 Å². The molecular formula is C19H39N3O4. The van der Waals surface area contributed by atoms with Crippen LogP contribution in [-0.2, 0) is 14.3 Å². The summed E-state index contributed by atoms with van der Waals surface area (Å²) in [6, 6.07) is -0.631. The van der Waals surface area contributed by atoms with Crippen LogP contribution in [0.4, 0.5) is 4.79 Å². The minimum atomic E-state index is -0.631. The largest absolute Gasteiger partial charge is 0.444 e. The van der Waals surface area contributed by atoms with Crippen LogP contribution in [-0.4, -0.2) is 48.9 Å². The quantitative estimate of drug-likeness (QED) is 0.483. The number of alkyl carbamates (subject to hydrolysis) is 1. The molecule has 26 heavy (non-hydrogen) atoms. The smallest absolute Gasteiger partial charge is 0.407 e. The maximum absolute atomic E-state index is 11.8. The molecule has 0 radical (unpaired) electrons. The third-order valence-corrected chi connectivity index (χ3v) is 3.35. The Labute approximate surface area is 158 Å². The maximum atomic E-state index is 11.8. The lowest BCUT2D eigenvalue weighted by Gasteiger charge is -2.22. The summed E-state index contributed by atoms with van der Waals surface area (Å²) < 4.78 is 10.7. The molecule has 1 atom stereocenters. The van der Waals surface area contributed by atoms with E-state index in [1.165, 1.54) is 0 Å². The second kappa shape index (κ2) is 12.1. The van der Waals surface area contributed by atoms with Crippen LogP contribution in [0.1, 0.15) is 73.6 Å². The summed E-state index contributed by atoms with van der Waals surface area (Å²) in [5.41, 5.74) is 5.04. The lowest BCUT2D eigenvalue weighted by Crippen LogP contribution is -2.45. The van der Waals surface area contributed by atoms with Gasteiger partial charge in [0.25, 0.3) is 0 Å². The van der Waals surface area contributed by atoms with Gasteiger partial charge < -0.3 is 25.8 Å². The van der Waals surface area contributed by atoms with Crippen LogP contribution in [0.15, 0.2) is 0 Å². The molecule has 7 nitrogen and oxygen atoms in total. The van der Waals surface area contributed by atoms with Crippen molar-refractivity contribution in [2.75, 3.05) is 19.7 Å². The fourth-order valence-corrected chi connectivity index (χ4v) is 2.04. The van der Waals surface area contributed by atoms with E-state index in [1.807, 2.05) is 41.5 Å². The van der Waals surface area contributed by atoms with Crippen LogP contribution < -0.4 is 16.4 Å². The van der Waals surface area contributed by atoms with Gasteiger partial charge in [0.05, 0.1) is 12.2 Å². The minimum Gasteiger partial charge on any atom is -0.444 e. The van der Waals surface area contributed by atoms with E-state index in [4.69, 9.17) is 15.2 Å². The fraction of sp³-hybridized carbons (Fsp3) is 0.895. The van der Waals surface area contributed by atoms with Gasteiger partial charge in [0, 0.05) is 13.1 Å². The van der Waals surface area contributed by atoms with Crippen molar-refractivity contribution in [3.63, 3.8) is 0 Å². The van der Waals surface area contributed by atoms with Crippen LogP contribution >= 0.6 is 0 Å². The first-order valence-corrected chi connectivity index (χ1v) is 9.55. The molecule has 0 unspecified atom stereocenters. The number of ether oxygens (including phenoxy) is 2. The molecule has 0 fully saturated rings. The van der Waals surface area contributed by atoms with Crippen molar-refractivity contribution in [3.05, 3.63) is 0 Å². The SMILES string of the molecule is CC(C)(C)OC[C@H](N)C(=O)NCCCCCCCNC(=O)OC(C)(C)C. The van der Waals surface area contributed by atoms with Gasteiger partial charge in [-0.05, 0) is 54.4 Å². The lowest BCUT2D eigenvalue weighted by molar-refractivity contribution is -0.125. The number of rotatable bonds is 11. The van der Waals surface area contributed by atoms with Crippen molar-refractivity contribution in [1.29, 1.82) is 0 Å². The van der Waals surface area contributed by atoms with Gasteiger partial charge in [-0.25, -0.2) is 4.79 Å². The number of hydrogen-bond donors (Lipinski definition) is 3. The summed E-state index contributed by atoms with van der Waals surface area (Å²) in [4.78, 5) is 23.3. The standard InChI is InChI=1S/C19H39N3O4/c1-18(2,3)25-14-15(20)16(23)21-12-10-8-7-9-11-13-22-17(24)26-19(4,5)6/h15H,7-14,20H2,1-6H3,(H,21,23)(H,22,24)/t15-/m0/s1. The Kier molecular flexibility index (Phi) is 11.5. The van der Waals surface area contributed by atoms with E-state index in [0.29, 0.717) is 13.1 Å². The van der Waals surface area contributed by atoms with Gasteiger partial charge in [0.1, 0.15) is 11.6 Å². The van der Waals surface area contributed by atoms with E-state index < -0.39 is 11.6 Å². The molecule has 0 aliphatic rings. The predicted molar refractivity (Wildman–Crippen MR) is 104 cm³/mol. The highest BCUT2D eigenvalue weighted by molar-refractivity contribution is 5.81. The number of carbonyl (C=O) groups excluding carboxylic acids is 2. The van der Waals surface area contributed by atoms with Gasteiger partial charge in [-0.15, -0.1) is 0 Å². The van der Waals surface area contributed by atoms with Crippen molar-refractivity contribution < 1.29 is 19.1 Å². The normalized spacial score (nSPS) is 13.2. The molecule has 0 spiro atoms. The highest BCUT2D eigenvalue weighted by Crippen LogP contribution is 2.07. The zero-order chi connectivity index (χ0) is 20.2. The Morgan fingerprint density at radius 2 is 1.35 bits per heavy atom. The second-order valence-corrected chi connectivity index (χ2v) is 8.52. The van der Waals surface area contributed by atoms with E-state index in [-0.39, 0.29) is 24.2 Å². The van der Waals surface area contributed by atoms with Crippen LogP contribution in [0.5, 0.6) is 0 Å². The van der Waals surface area contributed by atoms with E-state index in [9.17, 15) is 9.59 Å². The molecule has 4 N–H and O–H groups in total. The highest BCUT2D eigenvalue weighted by Gasteiger charge is 2.18. The Morgan fingerprint density at radius 3 is 1.85 bits per heavy atom. The summed E-state index contributed by atoms with van der Waals surface area (Å²) in [5, 5.41) is 5.59. The number of hydrogen-bond acceptors (Lipinski definition) is 5. The van der Waals surface area contributed by atoms with Crippen molar-refractivity contribution >= 4 is 12.0 Å². The Bertz CT molecular complexity index is 414. The van der Waals surface area contributed by atoms with Crippen LogP contribution in [0.2, 0.25) is 0 Å². The monoisotopic (exact) mass is 373 g/mol. The molecule has 0 saturated carbocycles. The summed E-state index contributed by atoms with van der Waals surface area (Å²) in [5.74, 6) is -0.171. The van der Waals surface area contributed by atoms with Gasteiger partial charge in [-0.3, -0.25) is 4.79 Å². The van der Waals surface area contributed by atoms with Crippen molar-refractivity contribution in [2.45, 2.75) is 90.9 Å². The molecule has 0 aromatic heterocycles. The molecule has 0 aliphatic heterocycles. The molecule has 0 rings (SSSR count). The summed E-state index contributed by atoms with van der Waals surface area (Å²) in [6.45, 7) is 12.8. The zero-order valence-corrected chi connectivity index (χ0v) is 17.4. The minimum absolute atomic E-state index is 0.171. The lowest BCUT2D eigenvalue weighted by atomic mass is 10.1. The molecule has 0 aromatic rings. The first kappa shape index (κ1) is 24.7. The molecule has 0 saturated heterocycles. The number of carbonyl (C=O) groups is 2. The molecule has 7 heteroatoms. The molecule has 0 bridgehead atoms. The molecule has 2 amide bonds. The van der Waals surface area contributed by atoms with Crippen LogP contribution in [0, 0.1) is 0 Å². The van der Waals surface area contributed by atoms with Gasteiger partial charge in [-0.1, -0.05) is 19.3 Å². The Balaban J connectivity index is 3.53. The van der Waals surface area contributed by atoms with E-state index in [1.54, 1.807) is 0 Å². The Morgan fingerprint density at radius 1 is 0.846 bits per heavy atom. The number of nitrogens with one attached hydrogen (secondary N) is 2. The van der Waals surface area contributed by atoms with Gasteiger partial charge >= 0.3 is 6.09 Å². The van der Waals surface area contributed by atoms with Gasteiger partial charge in [0.2, 0.25) is 5.91 Å². The van der Waals surface area contributed by atoms with E-state index in [2.05, 4.69) is 10.6 Å².